The fraction of sp³-hybridized carbons (Fsp3) is 0.740. The van der Waals surface area contributed by atoms with Gasteiger partial charge in [0.25, 0.3) is 0 Å². The van der Waals surface area contributed by atoms with Crippen LogP contribution in [0.25, 0.3) is 0 Å². The molecule has 0 heterocycles. The smallest absolute Gasteiger partial charge is 0.457 e. The molecule has 59 heavy (non-hydrogen) atoms. The standard InChI is InChI=1S/C50H90NO7P/c1-6-8-10-12-14-16-18-20-22-24-26-27-29-31-33-35-37-39-41-43-50(52)58-49(48-57-59(53,54)56-46-44-51(3,4)5)47-55-45-42-40-38-36-34-32-30-28-25-23-21-19-17-15-13-11-9-7-2/h9,11,15,17,20-23,28,30,34,36,49H,6-8,10,12-14,16,18-19,24-27,29,31-33,35,37-48H2,1-5H3/p+1/b11-9-,17-15-,22-20-,23-21-,30-28-,36-34-. The summed E-state index contributed by atoms with van der Waals surface area (Å²) in [6.07, 6.45) is 55.2. The van der Waals surface area contributed by atoms with Gasteiger partial charge in [-0.05, 0) is 83.5 Å². The van der Waals surface area contributed by atoms with E-state index >= 15 is 0 Å². The van der Waals surface area contributed by atoms with E-state index < -0.39 is 13.9 Å². The van der Waals surface area contributed by atoms with Gasteiger partial charge in [-0.25, -0.2) is 4.57 Å². The van der Waals surface area contributed by atoms with Crippen molar-refractivity contribution in [1.29, 1.82) is 0 Å². The second-order valence-corrected chi connectivity index (χ2v) is 18.2. The summed E-state index contributed by atoms with van der Waals surface area (Å²) in [5.74, 6) is -0.333. The number of quaternary nitrogens is 1. The van der Waals surface area contributed by atoms with Crippen molar-refractivity contribution < 1.29 is 37.3 Å². The van der Waals surface area contributed by atoms with Gasteiger partial charge in [0.05, 0.1) is 34.4 Å². The van der Waals surface area contributed by atoms with E-state index in [0.29, 0.717) is 24.1 Å². The molecule has 2 atom stereocenters. The Morgan fingerprint density at radius 1 is 0.542 bits per heavy atom. The quantitative estimate of drug-likeness (QED) is 0.0215. The second-order valence-electron chi connectivity index (χ2n) is 16.8. The van der Waals surface area contributed by atoms with Crippen LogP contribution in [0.15, 0.2) is 72.9 Å². The van der Waals surface area contributed by atoms with Crippen LogP contribution in [0.4, 0.5) is 0 Å². The molecule has 1 N–H and O–H groups in total. The third-order valence-corrected chi connectivity index (χ3v) is 10.7. The van der Waals surface area contributed by atoms with Gasteiger partial charge < -0.3 is 18.9 Å². The van der Waals surface area contributed by atoms with Crippen LogP contribution in [0.3, 0.4) is 0 Å². The fourth-order valence-corrected chi connectivity index (χ4v) is 6.84. The largest absolute Gasteiger partial charge is 0.472 e. The first-order chi connectivity index (χ1) is 28.6. The minimum Gasteiger partial charge on any atom is -0.457 e. The maximum Gasteiger partial charge on any atom is 0.472 e. The van der Waals surface area contributed by atoms with Gasteiger partial charge in [0.1, 0.15) is 19.3 Å². The number of rotatable bonds is 43. The number of nitrogens with zero attached hydrogens (tertiary/aromatic N) is 1. The Hall–Kier alpha value is -2.06. The molecule has 0 spiro atoms. The van der Waals surface area contributed by atoms with Gasteiger partial charge in [-0.1, -0.05) is 164 Å². The van der Waals surface area contributed by atoms with E-state index in [-0.39, 0.29) is 25.8 Å². The molecule has 0 aliphatic carbocycles. The summed E-state index contributed by atoms with van der Waals surface area (Å²) in [7, 11) is 1.63. The van der Waals surface area contributed by atoms with E-state index in [0.717, 1.165) is 70.6 Å². The summed E-state index contributed by atoms with van der Waals surface area (Å²) in [5.41, 5.74) is 0. The lowest BCUT2D eigenvalue weighted by Gasteiger charge is -2.24. The first-order valence-corrected chi connectivity index (χ1v) is 25.2. The number of likely N-dealkylation sites (N-methyl/N-ethyl adjacent to an activating group) is 1. The highest BCUT2D eigenvalue weighted by atomic mass is 31.2. The van der Waals surface area contributed by atoms with E-state index in [4.69, 9.17) is 18.5 Å². The lowest BCUT2D eigenvalue weighted by atomic mass is 10.1. The predicted molar refractivity (Wildman–Crippen MR) is 252 cm³/mol. The molecule has 0 aliphatic rings. The zero-order valence-corrected chi connectivity index (χ0v) is 39.6. The van der Waals surface area contributed by atoms with Gasteiger partial charge in [0.15, 0.2) is 0 Å². The molecule has 0 aromatic carbocycles. The van der Waals surface area contributed by atoms with E-state index in [1.807, 2.05) is 21.1 Å². The number of ether oxygens (including phenoxy) is 2. The van der Waals surface area contributed by atoms with Crippen LogP contribution in [0.2, 0.25) is 0 Å². The Morgan fingerprint density at radius 2 is 0.983 bits per heavy atom. The second kappa shape index (κ2) is 42.6. The summed E-state index contributed by atoms with van der Waals surface area (Å²) >= 11 is 0. The van der Waals surface area contributed by atoms with Crippen LogP contribution >= 0.6 is 7.82 Å². The molecule has 0 amide bonds. The Bertz CT molecular complexity index is 1170. The molecular formula is C50H91NO7P+. The number of carbonyl (C=O) groups is 1. The van der Waals surface area contributed by atoms with Crippen LogP contribution in [0, 0.1) is 0 Å². The van der Waals surface area contributed by atoms with Gasteiger partial charge in [-0.15, -0.1) is 0 Å². The maximum absolute atomic E-state index is 12.7. The maximum atomic E-state index is 12.7. The minimum atomic E-state index is -4.29. The zero-order valence-electron chi connectivity index (χ0n) is 38.7. The average molecular weight is 849 g/mol. The van der Waals surface area contributed by atoms with Crippen molar-refractivity contribution >= 4 is 13.8 Å². The van der Waals surface area contributed by atoms with Crippen LogP contribution in [0.5, 0.6) is 0 Å². The van der Waals surface area contributed by atoms with E-state index in [2.05, 4.69) is 86.8 Å². The van der Waals surface area contributed by atoms with Gasteiger partial charge in [0, 0.05) is 13.0 Å². The lowest BCUT2D eigenvalue weighted by Crippen LogP contribution is -2.37. The highest BCUT2D eigenvalue weighted by molar-refractivity contribution is 7.47. The molecule has 0 aromatic rings. The van der Waals surface area contributed by atoms with Crippen molar-refractivity contribution in [2.45, 2.75) is 187 Å². The molecule has 2 unspecified atom stereocenters. The Balaban J connectivity index is 4.28. The lowest BCUT2D eigenvalue weighted by molar-refractivity contribution is -0.870. The van der Waals surface area contributed by atoms with E-state index in [9.17, 15) is 14.3 Å². The van der Waals surface area contributed by atoms with E-state index in [1.54, 1.807) is 0 Å². The van der Waals surface area contributed by atoms with Crippen LogP contribution in [-0.2, 0) is 27.9 Å². The van der Waals surface area contributed by atoms with Crippen molar-refractivity contribution in [3.63, 3.8) is 0 Å². The van der Waals surface area contributed by atoms with Crippen LogP contribution in [-0.4, -0.2) is 75.6 Å². The number of unbranched alkanes of at least 4 members (excludes halogenated alkanes) is 17. The van der Waals surface area contributed by atoms with Crippen molar-refractivity contribution in [1.82, 2.24) is 0 Å². The molecule has 0 radical (unpaired) electrons. The van der Waals surface area contributed by atoms with Crippen molar-refractivity contribution in [2.24, 2.45) is 0 Å². The molecule has 0 fully saturated rings. The van der Waals surface area contributed by atoms with Gasteiger partial charge in [0.2, 0.25) is 0 Å². The fourth-order valence-electron chi connectivity index (χ4n) is 6.10. The molecule has 0 rings (SSSR count). The molecule has 0 aromatic heterocycles. The van der Waals surface area contributed by atoms with Gasteiger partial charge in [-0.3, -0.25) is 13.8 Å². The molecule has 342 valence electrons. The Labute approximate surface area is 363 Å². The van der Waals surface area contributed by atoms with Crippen molar-refractivity contribution in [3.05, 3.63) is 72.9 Å². The monoisotopic (exact) mass is 849 g/mol. The van der Waals surface area contributed by atoms with E-state index in [1.165, 1.54) is 89.9 Å². The number of allylic oxidation sites excluding steroid dienone is 12. The average Bonchev–Trinajstić information content (AvgIpc) is 3.19. The highest BCUT2D eigenvalue weighted by Crippen LogP contribution is 2.43. The van der Waals surface area contributed by atoms with Crippen LogP contribution in [0.1, 0.15) is 181 Å². The first-order valence-electron chi connectivity index (χ1n) is 23.7. The van der Waals surface area contributed by atoms with Gasteiger partial charge in [-0.2, -0.15) is 0 Å². The summed E-state index contributed by atoms with van der Waals surface area (Å²) in [6, 6.07) is 0. The summed E-state index contributed by atoms with van der Waals surface area (Å²) in [4.78, 5) is 22.9. The van der Waals surface area contributed by atoms with Crippen molar-refractivity contribution in [3.8, 4) is 0 Å². The third kappa shape index (κ3) is 46.9. The SMILES string of the molecule is CC/C=C\C/C=C\C/C=C\C/C=C\C/C=C\CCCCOCC(COP(=O)(O)OCC[N+](C)(C)C)OC(=O)CCCCCCCCCCC/C=C\CCCCCCCC. The molecule has 0 aliphatic heterocycles. The molecule has 9 heteroatoms. The minimum absolute atomic E-state index is 0.0765. The number of phosphoric acid groups is 1. The van der Waals surface area contributed by atoms with Crippen LogP contribution < -0.4 is 0 Å². The topological polar surface area (TPSA) is 91.3 Å². The van der Waals surface area contributed by atoms with Crippen molar-refractivity contribution in [2.75, 3.05) is 54.1 Å². The summed E-state index contributed by atoms with van der Waals surface area (Å²) < 4.78 is 35.0. The molecular weight excluding hydrogens is 758 g/mol. The molecule has 0 saturated heterocycles. The summed E-state index contributed by atoms with van der Waals surface area (Å²) in [5, 5.41) is 0. The Morgan fingerprint density at radius 3 is 1.49 bits per heavy atom. The number of phosphoric ester groups is 1. The Kier molecular flexibility index (Phi) is 41.1. The number of hydrogen-bond donors (Lipinski definition) is 1. The van der Waals surface area contributed by atoms with Gasteiger partial charge >= 0.3 is 13.8 Å². The number of hydrogen-bond acceptors (Lipinski definition) is 6. The number of carbonyl (C=O) groups excluding carboxylic acids is 1. The normalized spacial score (nSPS) is 14.3. The molecule has 0 saturated carbocycles. The number of esters is 1. The zero-order chi connectivity index (χ0) is 43.4. The molecule has 0 bridgehead atoms. The predicted octanol–water partition coefficient (Wildman–Crippen LogP) is 14.3. The highest BCUT2D eigenvalue weighted by Gasteiger charge is 2.26. The third-order valence-electron chi connectivity index (χ3n) is 9.75. The summed E-state index contributed by atoms with van der Waals surface area (Å²) in [6.45, 7) is 5.38. The first kappa shape index (κ1) is 56.9. The molecule has 8 nitrogen and oxygen atoms in total.